The number of carbonyl (C=O) groups excluding carboxylic acids is 1. The van der Waals surface area contributed by atoms with Gasteiger partial charge in [0, 0.05) is 11.1 Å². The van der Waals surface area contributed by atoms with E-state index in [9.17, 15) is 25.0 Å². The number of nitro benzene ring substituents is 2. The van der Waals surface area contributed by atoms with Crippen LogP contribution in [0.4, 0.5) is 11.4 Å². The summed E-state index contributed by atoms with van der Waals surface area (Å²) in [5, 5.41) is 22.6. The van der Waals surface area contributed by atoms with E-state index in [1.807, 2.05) is 0 Å². The Morgan fingerprint density at radius 1 is 0.971 bits per heavy atom. The number of carbonyl (C=O) groups is 1. The number of nitro groups is 2. The van der Waals surface area contributed by atoms with Crippen LogP contribution in [0.5, 0.6) is 17.2 Å². The first-order chi connectivity index (χ1) is 16.3. The van der Waals surface area contributed by atoms with Crippen LogP contribution in [0.1, 0.15) is 11.1 Å². The molecule has 3 rings (SSSR count). The molecule has 0 bridgehead atoms. The summed E-state index contributed by atoms with van der Waals surface area (Å²) in [6.45, 7) is -0.352. The highest BCUT2D eigenvalue weighted by atomic mass is 35.5. The van der Waals surface area contributed by atoms with Crippen molar-refractivity contribution in [2.24, 2.45) is 0 Å². The average Bonchev–Trinajstić information content (AvgIpc) is 2.81. The number of non-ortho nitro benzene ring substituents is 1. The summed E-state index contributed by atoms with van der Waals surface area (Å²) in [6.07, 6.45) is 3.01. The molecule has 0 aliphatic carbocycles. The van der Waals surface area contributed by atoms with Gasteiger partial charge < -0.3 is 14.2 Å². The van der Waals surface area contributed by atoms with E-state index in [1.54, 1.807) is 42.5 Å². The Morgan fingerprint density at radius 3 is 2.44 bits per heavy atom. The van der Waals surface area contributed by atoms with Gasteiger partial charge >= 0.3 is 5.97 Å². The van der Waals surface area contributed by atoms with Crippen LogP contribution < -0.4 is 14.2 Å². The van der Waals surface area contributed by atoms with E-state index >= 15 is 0 Å². The fourth-order valence-electron chi connectivity index (χ4n) is 2.85. The second kappa shape index (κ2) is 10.9. The number of hydrogen-bond donors (Lipinski definition) is 0. The van der Waals surface area contributed by atoms with E-state index in [0.717, 1.165) is 6.07 Å². The number of benzene rings is 3. The zero-order valence-electron chi connectivity index (χ0n) is 17.7. The highest BCUT2D eigenvalue weighted by Gasteiger charge is 2.18. The van der Waals surface area contributed by atoms with Gasteiger partial charge in [0.25, 0.3) is 11.4 Å². The summed E-state index contributed by atoms with van der Waals surface area (Å²) in [4.78, 5) is 32.9. The molecule has 34 heavy (non-hydrogen) atoms. The third-order valence-corrected chi connectivity index (χ3v) is 4.68. The number of nitrogens with zero attached hydrogens (tertiary/aromatic N) is 2. The first-order valence-corrected chi connectivity index (χ1v) is 10.0. The van der Waals surface area contributed by atoms with E-state index in [1.165, 1.54) is 31.4 Å². The van der Waals surface area contributed by atoms with Crippen LogP contribution in [0.15, 0.2) is 60.7 Å². The van der Waals surface area contributed by atoms with E-state index < -0.39 is 21.5 Å². The molecule has 0 aliphatic heterocycles. The van der Waals surface area contributed by atoms with E-state index in [0.29, 0.717) is 16.3 Å². The van der Waals surface area contributed by atoms with Crippen LogP contribution in [-0.2, 0) is 4.79 Å². The minimum Gasteiger partial charge on any atom is -0.493 e. The van der Waals surface area contributed by atoms with Crippen LogP contribution >= 0.6 is 11.6 Å². The third-order valence-electron chi connectivity index (χ3n) is 4.44. The van der Waals surface area contributed by atoms with Gasteiger partial charge in [-0.2, -0.15) is 0 Å². The van der Waals surface area contributed by atoms with Crippen molar-refractivity contribution in [1.82, 2.24) is 0 Å². The maximum Gasteiger partial charge on any atom is 0.349 e. The molecule has 0 N–H and O–H groups in total. The Kier molecular flexibility index (Phi) is 7.78. The van der Waals surface area contributed by atoms with Crippen molar-refractivity contribution < 1.29 is 28.9 Å². The van der Waals surface area contributed by atoms with Crippen molar-refractivity contribution in [3.8, 4) is 17.2 Å². The lowest BCUT2D eigenvalue weighted by Gasteiger charge is -2.11. The number of ether oxygens (including phenoxy) is 3. The normalized spacial score (nSPS) is 10.6. The quantitative estimate of drug-likeness (QED) is 0.131. The lowest BCUT2D eigenvalue weighted by molar-refractivity contribution is -0.394. The zero-order chi connectivity index (χ0) is 24.7. The van der Waals surface area contributed by atoms with Gasteiger partial charge in [0.1, 0.15) is 5.75 Å². The molecule has 0 radical (unpaired) electrons. The molecule has 0 aromatic heterocycles. The second-order valence-electron chi connectivity index (χ2n) is 6.72. The van der Waals surface area contributed by atoms with Crippen LogP contribution in [0.25, 0.3) is 12.2 Å². The molecular formula is C23H17ClN2O8. The van der Waals surface area contributed by atoms with Crippen LogP contribution in [0, 0.1) is 20.2 Å². The molecule has 3 aromatic rings. The van der Waals surface area contributed by atoms with E-state index in [2.05, 4.69) is 0 Å². The molecule has 0 amide bonds. The zero-order valence-corrected chi connectivity index (χ0v) is 18.4. The molecule has 0 fully saturated rings. The fraction of sp³-hybridized carbons (Fsp3) is 0.0870. The SMILES string of the molecule is COc1cc(C=Cc2ccc([N+](=O)[O-])cc2[N+](=O)[O-])ccc1OC(=O)COc1cccc(Cl)c1. The van der Waals surface area contributed by atoms with Crippen molar-refractivity contribution in [2.75, 3.05) is 13.7 Å². The number of hydrogen-bond acceptors (Lipinski definition) is 8. The minimum absolute atomic E-state index is 0.153. The summed E-state index contributed by atoms with van der Waals surface area (Å²) in [5.74, 6) is 0.150. The molecule has 3 aromatic carbocycles. The lowest BCUT2D eigenvalue weighted by Crippen LogP contribution is -2.18. The topological polar surface area (TPSA) is 131 Å². The molecule has 0 saturated heterocycles. The Bertz CT molecular complexity index is 1280. The highest BCUT2D eigenvalue weighted by Crippen LogP contribution is 2.30. The third kappa shape index (κ3) is 6.30. The van der Waals surface area contributed by atoms with Crippen molar-refractivity contribution >= 4 is 41.1 Å². The van der Waals surface area contributed by atoms with Gasteiger partial charge in [-0.3, -0.25) is 20.2 Å². The van der Waals surface area contributed by atoms with Crippen LogP contribution in [0.3, 0.4) is 0 Å². The molecule has 0 aliphatic rings. The number of halogens is 1. The predicted octanol–water partition coefficient (Wildman–Crippen LogP) is 5.32. The van der Waals surface area contributed by atoms with Gasteiger partial charge in [-0.25, -0.2) is 4.79 Å². The first kappa shape index (κ1) is 24.2. The van der Waals surface area contributed by atoms with Crippen molar-refractivity contribution in [3.05, 3.63) is 97.0 Å². The maximum absolute atomic E-state index is 12.1. The Morgan fingerprint density at radius 2 is 1.76 bits per heavy atom. The summed E-state index contributed by atoms with van der Waals surface area (Å²) < 4.78 is 15.9. The number of esters is 1. The molecule has 0 spiro atoms. The second-order valence-corrected chi connectivity index (χ2v) is 7.16. The molecule has 174 valence electrons. The van der Waals surface area contributed by atoms with Gasteiger partial charge in [-0.15, -0.1) is 0 Å². The molecule has 11 heteroatoms. The molecule has 0 unspecified atom stereocenters. The summed E-state index contributed by atoms with van der Waals surface area (Å²) in [7, 11) is 1.39. The maximum atomic E-state index is 12.1. The van der Waals surface area contributed by atoms with Crippen LogP contribution in [0.2, 0.25) is 5.02 Å². The Hall–Kier alpha value is -4.44. The van der Waals surface area contributed by atoms with Gasteiger partial charge in [-0.1, -0.05) is 29.8 Å². The van der Waals surface area contributed by atoms with Gasteiger partial charge in [0.15, 0.2) is 18.1 Å². The molecule has 10 nitrogen and oxygen atoms in total. The molecular weight excluding hydrogens is 468 g/mol. The smallest absolute Gasteiger partial charge is 0.349 e. The molecule has 0 atom stereocenters. The van der Waals surface area contributed by atoms with E-state index in [-0.39, 0.29) is 29.4 Å². The monoisotopic (exact) mass is 484 g/mol. The van der Waals surface area contributed by atoms with Crippen molar-refractivity contribution in [2.45, 2.75) is 0 Å². The Labute approximate surface area is 198 Å². The van der Waals surface area contributed by atoms with Crippen molar-refractivity contribution in [1.29, 1.82) is 0 Å². The average molecular weight is 485 g/mol. The number of methoxy groups -OCH3 is 1. The van der Waals surface area contributed by atoms with Crippen LogP contribution in [-0.4, -0.2) is 29.5 Å². The largest absolute Gasteiger partial charge is 0.493 e. The number of rotatable bonds is 9. The predicted molar refractivity (Wildman–Crippen MR) is 124 cm³/mol. The van der Waals surface area contributed by atoms with E-state index in [4.69, 9.17) is 25.8 Å². The fourth-order valence-corrected chi connectivity index (χ4v) is 3.03. The molecule has 0 saturated carbocycles. The van der Waals surface area contributed by atoms with Gasteiger partial charge in [0.05, 0.1) is 28.6 Å². The summed E-state index contributed by atoms with van der Waals surface area (Å²) in [5.41, 5.74) is -0.0126. The summed E-state index contributed by atoms with van der Waals surface area (Å²) >= 11 is 5.87. The lowest BCUT2D eigenvalue weighted by atomic mass is 10.1. The minimum atomic E-state index is -0.703. The Balaban J connectivity index is 1.72. The molecule has 0 heterocycles. The van der Waals surface area contributed by atoms with Gasteiger partial charge in [-0.05, 0) is 48.0 Å². The highest BCUT2D eigenvalue weighted by molar-refractivity contribution is 6.30. The first-order valence-electron chi connectivity index (χ1n) is 9.65. The van der Waals surface area contributed by atoms with Crippen molar-refractivity contribution in [3.63, 3.8) is 0 Å². The van der Waals surface area contributed by atoms with Gasteiger partial charge in [0.2, 0.25) is 0 Å². The standard InChI is InChI=1S/C23H17ClN2O8/c1-32-22-11-15(5-7-16-8-9-18(25(28)29)13-20(16)26(30)31)6-10-21(22)34-23(27)14-33-19-4-2-3-17(24)12-19/h2-13H,14H2,1H3. The summed E-state index contributed by atoms with van der Waals surface area (Å²) in [6, 6.07) is 14.6.